The van der Waals surface area contributed by atoms with E-state index in [9.17, 15) is 0 Å². The quantitative estimate of drug-likeness (QED) is 0.410. The third kappa shape index (κ3) is 11.1. The zero-order chi connectivity index (χ0) is 18.5. The van der Waals surface area contributed by atoms with Crippen molar-refractivity contribution in [2.75, 3.05) is 33.4 Å². The Bertz CT molecular complexity index is 500. The Labute approximate surface area is 173 Å². The molecule has 0 saturated heterocycles. The smallest absolute Gasteiger partial charge is 0.381 e. The van der Waals surface area contributed by atoms with E-state index in [0.717, 1.165) is 31.1 Å². The van der Waals surface area contributed by atoms with E-state index in [4.69, 9.17) is 9.47 Å². The van der Waals surface area contributed by atoms with Crippen molar-refractivity contribution in [1.82, 2.24) is 4.90 Å². The molecule has 0 bridgehead atoms. The van der Waals surface area contributed by atoms with Crippen molar-refractivity contribution >= 4 is 0 Å². The first kappa shape index (κ1) is 25.3. The predicted molar refractivity (Wildman–Crippen MR) is 104 cm³/mol. The molecule has 140 valence electrons. The largest absolute Gasteiger partial charge is 1.00 e. The van der Waals surface area contributed by atoms with Crippen LogP contribution < -0.4 is 18.9 Å². The summed E-state index contributed by atoms with van der Waals surface area (Å²) in [6.45, 7) is 15.1. The Morgan fingerprint density at radius 1 is 1.31 bits per heavy atom. The number of nitrogens with zero attached hydrogens (tertiary/aromatic N) is 1. The fourth-order valence-electron chi connectivity index (χ4n) is 2.49. The van der Waals surface area contributed by atoms with Crippen LogP contribution in [0.2, 0.25) is 0 Å². The van der Waals surface area contributed by atoms with Gasteiger partial charge in [0.1, 0.15) is 6.61 Å². The van der Waals surface area contributed by atoms with Crippen LogP contribution in [-0.4, -0.2) is 50.5 Å². The van der Waals surface area contributed by atoms with Gasteiger partial charge < -0.3 is 28.2 Å². The van der Waals surface area contributed by atoms with Crippen molar-refractivity contribution in [2.24, 2.45) is 5.92 Å². The molecule has 0 spiro atoms. The molecule has 0 radical (unpaired) electrons. The summed E-state index contributed by atoms with van der Waals surface area (Å²) < 4.78 is 10.5. The van der Waals surface area contributed by atoms with Crippen LogP contribution in [0.4, 0.5) is 0 Å². The molecule has 0 atom stereocenters. The second kappa shape index (κ2) is 15.3. The van der Waals surface area contributed by atoms with Crippen LogP contribution in [0.1, 0.15) is 32.3 Å². The zero-order valence-electron chi connectivity index (χ0n) is 17.0. The Hall–Kier alpha value is -0.743. The first-order chi connectivity index (χ1) is 12.1. The Morgan fingerprint density at radius 2 is 2.00 bits per heavy atom. The van der Waals surface area contributed by atoms with E-state index in [1.54, 1.807) is 7.11 Å². The molecule has 0 amide bonds. The number of rotatable bonds is 7. The maximum atomic E-state index is 5.28. The molecule has 3 nitrogen and oxygen atoms in total. The second-order valence-corrected chi connectivity index (χ2v) is 6.45. The van der Waals surface area contributed by atoms with Gasteiger partial charge >= 0.3 is 18.9 Å². The van der Waals surface area contributed by atoms with E-state index in [1.807, 2.05) is 38.1 Å². The summed E-state index contributed by atoms with van der Waals surface area (Å²) in [7, 11) is 1.79. The average Bonchev–Trinajstić information content (AvgIpc) is 2.59. The molecule has 0 unspecified atom stereocenters. The van der Waals surface area contributed by atoms with E-state index >= 15 is 0 Å². The topological polar surface area (TPSA) is 21.7 Å². The fraction of sp³-hybridized carbons (Fsp3) is 0.545. The van der Waals surface area contributed by atoms with Crippen molar-refractivity contribution in [3.8, 4) is 11.8 Å². The molecule has 1 aromatic carbocycles. The van der Waals surface area contributed by atoms with Crippen LogP contribution in [-0.2, 0) is 9.47 Å². The third-order valence-electron chi connectivity index (χ3n) is 4.10. The average molecular weight is 349 g/mol. The molecular formula is C22H32LiNO2-2. The minimum absolute atomic E-state index is 0. The van der Waals surface area contributed by atoms with Crippen LogP contribution in [0.5, 0.6) is 0 Å². The summed E-state index contributed by atoms with van der Waals surface area (Å²) in [6, 6.07) is 10.6. The van der Waals surface area contributed by atoms with Crippen LogP contribution in [0, 0.1) is 37.7 Å². The Morgan fingerprint density at radius 3 is 2.50 bits per heavy atom. The van der Waals surface area contributed by atoms with Crippen LogP contribution >= 0.6 is 0 Å². The Balaban J connectivity index is 0.000000464. The monoisotopic (exact) mass is 349 g/mol. The van der Waals surface area contributed by atoms with E-state index in [-0.39, 0.29) is 25.0 Å². The van der Waals surface area contributed by atoms with Crippen molar-refractivity contribution in [3.05, 3.63) is 49.7 Å². The number of hydrogen-bond donors (Lipinski definition) is 0. The molecular weight excluding hydrogens is 317 g/mol. The third-order valence-corrected chi connectivity index (χ3v) is 4.10. The first-order valence-corrected chi connectivity index (χ1v) is 8.99. The van der Waals surface area contributed by atoms with Gasteiger partial charge in [-0.3, -0.25) is 0 Å². The van der Waals surface area contributed by atoms with Crippen molar-refractivity contribution in [3.63, 3.8) is 0 Å². The second-order valence-electron chi connectivity index (χ2n) is 6.45. The van der Waals surface area contributed by atoms with Gasteiger partial charge in [0.2, 0.25) is 0 Å². The maximum absolute atomic E-state index is 5.28. The first-order valence-electron chi connectivity index (χ1n) is 8.99. The maximum Gasteiger partial charge on any atom is 1.00 e. The van der Waals surface area contributed by atoms with Gasteiger partial charge in [-0.1, -0.05) is 11.5 Å². The van der Waals surface area contributed by atoms with Gasteiger partial charge in [0, 0.05) is 7.11 Å². The van der Waals surface area contributed by atoms with Gasteiger partial charge in [-0.05, 0) is 39.2 Å². The molecule has 1 aliphatic carbocycles. The van der Waals surface area contributed by atoms with Crippen LogP contribution in [0.3, 0.4) is 0 Å². The van der Waals surface area contributed by atoms with Gasteiger partial charge in [-0.15, -0.1) is 19.0 Å². The van der Waals surface area contributed by atoms with Gasteiger partial charge in [0.25, 0.3) is 0 Å². The SMILES string of the molecule is CC(C)OCC#Cc1c[c-]ccc1.[CH2-]CN(C[CH2-])CC1CC(OC)C1.[Li+]. The van der Waals surface area contributed by atoms with Crippen molar-refractivity contribution in [2.45, 2.75) is 38.9 Å². The summed E-state index contributed by atoms with van der Waals surface area (Å²) in [5, 5.41) is 0. The normalized spacial score (nSPS) is 18.1. The molecule has 0 N–H and O–H groups in total. The summed E-state index contributed by atoms with van der Waals surface area (Å²) in [5.41, 5.74) is 0.981. The summed E-state index contributed by atoms with van der Waals surface area (Å²) >= 11 is 0. The summed E-state index contributed by atoms with van der Waals surface area (Å²) in [6.07, 6.45) is 3.20. The number of ether oxygens (including phenoxy) is 2. The van der Waals surface area contributed by atoms with Crippen molar-refractivity contribution in [1.29, 1.82) is 0 Å². The minimum Gasteiger partial charge on any atom is -0.381 e. The molecule has 1 fully saturated rings. The molecule has 0 aromatic heterocycles. The molecule has 2 rings (SSSR count). The Kier molecular flexibility index (Phi) is 14.9. The fourth-order valence-corrected chi connectivity index (χ4v) is 2.49. The van der Waals surface area contributed by atoms with E-state index in [2.05, 4.69) is 36.7 Å². The minimum atomic E-state index is 0. The van der Waals surface area contributed by atoms with Gasteiger partial charge in [0.05, 0.1) is 12.2 Å². The molecule has 1 saturated carbocycles. The van der Waals surface area contributed by atoms with E-state index < -0.39 is 0 Å². The molecule has 26 heavy (non-hydrogen) atoms. The number of methoxy groups -OCH3 is 1. The molecule has 0 heterocycles. The predicted octanol–water partition coefficient (Wildman–Crippen LogP) is 0.649. The summed E-state index contributed by atoms with van der Waals surface area (Å²) in [5.74, 6) is 6.75. The van der Waals surface area contributed by atoms with E-state index in [0.29, 0.717) is 12.7 Å². The number of hydrogen-bond acceptors (Lipinski definition) is 3. The molecule has 1 aromatic rings. The van der Waals surface area contributed by atoms with Gasteiger partial charge in [-0.2, -0.15) is 30.3 Å². The van der Waals surface area contributed by atoms with Gasteiger partial charge in [-0.25, -0.2) is 0 Å². The van der Waals surface area contributed by atoms with Crippen molar-refractivity contribution < 1.29 is 28.3 Å². The molecule has 4 heteroatoms. The standard InChI is InChI=1S/C12H13O.C10H19NO.Li/c1-11(2)13-10-6-9-12-7-4-3-5-8-12;1-4-11(5-2)8-9-6-10(7-9)12-3;/h3-4,7-8,11H,10H2,1-2H3;9-10H,1-2,4-8H2,3H3;/q-1;-2;+1. The van der Waals surface area contributed by atoms with Crippen LogP contribution in [0.25, 0.3) is 0 Å². The summed E-state index contributed by atoms with van der Waals surface area (Å²) in [4.78, 5) is 2.27. The molecule has 0 aliphatic heterocycles. The van der Waals surface area contributed by atoms with E-state index in [1.165, 1.54) is 12.8 Å². The zero-order valence-corrected chi connectivity index (χ0v) is 17.0. The molecule has 1 aliphatic rings. The van der Waals surface area contributed by atoms with Gasteiger partial charge in [0.15, 0.2) is 0 Å². The van der Waals surface area contributed by atoms with Crippen LogP contribution in [0.15, 0.2) is 24.3 Å². The number of benzene rings is 1.